The molecular formula is C44H45F2N7O7S. The lowest BCUT2D eigenvalue weighted by Crippen LogP contribution is -2.54. The van der Waals surface area contributed by atoms with E-state index in [9.17, 15) is 32.4 Å². The number of carbonyl (C=O) groups excluding carboxylic acids is 5. The second-order valence-electron chi connectivity index (χ2n) is 17.5. The number of benzene rings is 3. The van der Waals surface area contributed by atoms with Crippen LogP contribution in [0.3, 0.4) is 0 Å². The average Bonchev–Trinajstić information content (AvgIpc) is 3.88. The van der Waals surface area contributed by atoms with Crippen molar-refractivity contribution in [2.45, 2.75) is 70.1 Å². The zero-order chi connectivity index (χ0) is 42.5. The number of rotatable bonds is 6. The van der Waals surface area contributed by atoms with Gasteiger partial charge in [-0.05, 0) is 91.0 Å². The highest BCUT2D eigenvalue weighted by atomic mass is 32.2. The number of para-hydroxylation sites is 1. The molecule has 0 aliphatic carbocycles. The van der Waals surface area contributed by atoms with Crippen LogP contribution in [0, 0.1) is 17.0 Å². The number of carbonyl (C=O) groups is 5. The van der Waals surface area contributed by atoms with E-state index in [1.165, 1.54) is 16.4 Å². The first-order chi connectivity index (χ1) is 29.2. The summed E-state index contributed by atoms with van der Waals surface area (Å²) in [6.07, 6.45) is 4.84. The number of H-pyrrole nitrogens is 1. The van der Waals surface area contributed by atoms with Crippen LogP contribution in [0.1, 0.15) is 93.2 Å². The molecule has 2 N–H and O–H groups in total. The topological polar surface area (TPSA) is 164 Å². The van der Waals surface area contributed by atoms with Crippen LogP contribution in [0.2, 0.25) is 0 Å². The quantitative estimate of drug-likeness (QED) is 0.274. The third-order valence-corrected chi connectivity index (χ3v) is 15.3. The fraction of sp³-hybridized carbons (Fsp3) is 0.432. The maximum absolute atomic E-state index is 16.2. The number of fused-ring (bicyclic) bond motifs is 5. The van der Waals surface area contributed by atoms with Gasteiger partial charge in [-0.25, -0.2) is 17.2 Å². The summed E-state index contributed by atoms with van der Waals surface area (Å²) >= 11 is 0. The minimum atomic E-state index is -3.82. The Morgan fingerprint density at radius 3 is 2.08 bits per heavy atom. The zero-order valence-electron chi connectivity index (χ0n) is 33.6. The number of sulfonamides is 1. The van der Waals surface area contributed by atoms with E-state index in [2.05, 4.69) is 10.3 Å². The highest BCUT2D eigenvalue weighted by Gasteiger charge is 2.46. The van der Waals surface area contributed by atoms with Crippen molar-refractivity contribution in [2.24, 2.45) is 5.41 Å². The summed E-state index contributed by atoms with van der Waals surface area (Å²) in [6, 6.07) is 11.4. The fourth-order valence-electron chi connectivity index (χ4n) is 10.7. The SMILES string of the molecule is CS(=O)(=O)N1CCc2c([nH]c3ccccc23)[C@@H]1c1c(F)cc(N2CCC3(CCN(C(=O)CN4Cc5cc6c(cc5C4)C(=O)N(C4CCC(=O)NC4=O)C6=O)CC3)CC2)cc1F. The number of piperidine rings is 3. The third-order valence-electron chi connectivity index (χ3n) is 14.0. The molecule has 2 atom stereocenters. The van der Waals surface area contributed by atoms with Crippen LogP contribution in [0.15, 0.2) is 48.5 Å². The molecular weight excluding hydrogens is 809 g/mol. The maximum atomic E-state index is 16.2. The van der Waals surface area contributed by atoms with Crippen LogP contribution in [0.25, 0.3) is 10.9 Å². The number of halogens is 2. The molecule has 3 aromatic carbocycles. The molecule has 5 amide bonds. The van der Waals surface area contributed by atoms with Gasteiger partial charge in [0.15, 0.2) is 0 Å². The van der Waals surface area contributed by atoms with Gasteiger partial charge in [0.05, 0.1) is 30.0 Å². The van der Waals surface area contributed by atoms with Gasteiger partial charge in [-0.2, -0.15) is 4.31 Å². The Labute approximate surface area is 350 Å². The van der Waals surface area contributed by atoms with Gasteiger partial charge in [0, 0.05) is 80.1 Å². The van der Waals surface area contributed by atoms with Crippen molar-refractivity contribution in [1.82, 2.24) is 29.3 Å². The Morgan fingerprint density at radius 1 is 0.836 bits per heavy atom. The molecule has 6 aliphatic heterocycles. The summed E-state index contributed by atoms with van der Waals surface area (Å²) < 4.78 is 59.6. The molecule has 14 nitrogen and oxygen atoms in total. The molecule has 10 rings (SSSR count). The normalized spacial score (nSPS) is 23.2. The predicted molar refractivity (Wildman–Crippen MR) is 219 cm³/mol. The molecule has 61 heavy (non-hydrogen) atoms. The maximum Gasteiger partial charge on any atom is 0.262 e. The van der Waals surface area contributed by atoms with E-state index in [4.69, 9.17) is 0 Å². The van der Waals surface area contributed by atoms with E-state index in [0.29, 0.717) is 57.1 Å². The molecule has 6 aliphatic rings. The first-order valence-electron chi connectivity index (χ1n) is 20.9. The second kappa shape index (κ2) is 14.6. The number of nitrogens with one attached hydrogen (secondary N) is 2. The standard InChI is InChI=1S/C44H45F2N7O7S/c1-61(59,60)52-13-8-29-28-4-2-3-5-34(28)47-39(29)40(52)38-32(45)20-27(21-33(38)46)50-14-9-44(10-15-50)11-16-51(17-12-44)37(55)24-49-22-25-18-30-31(19-26(25)23-49)43(58)53(42(30)57)35-6-7-36(54)48-41(35)56/h2-5,18-21,35,40,47H,6-17,22-24H2,1H3,(H,48,54,56)/t35?,40-/m0/s1. The molecule has 0 radical (unpaired) electrons. The van der Waals surface area contributed by atoms with Crippen LogP contribution in [-0.4, -0.2) is 114 Å². The lowest BCUT2D eigenvalue weighted by molar-refractivity contribution is -0.137. The van der Waals surface area contributed by atoms with E-state index in [1.54, 1.807) is 12.1 Å². The Balaban J connectivity index is 0.758. The van der Waals surface area contributed by atoms with Gasteiger partial charge < -0.3 is 14.8 Å². The van der Waals surface area contributed by atoms with Gasteiger partial charge in [-0.1, -0.05) is 18.2 Å². The van der Waals surface area contributed by atoms with Gasteiger partial charge in [-0.15, -0.1) is 0 Å². The first kappa shape index (κ1) is 39.6. The fourth-order valence-corrected chi connectivity index (χ4v) is 11.7. The molecule has 1 spiro atoms. The van der Waals surface area contributed by atoms with E-state index in [0.717, 1.165) is 64.4 Å². The number of imide groups is 2. The molecule has 0 bridgehead atoms. The zero-order valence-corrected chi connectivity index (χ0v) is 34.5. The summed E-state index contributed by atoms with van der Waals surface area (Å²) in [5, 5.41) is 3.12. The Kier molecular flexibility index (Phi) is 9.45. The number of nitrogens with zero attached hydrogens (tertiary/aromatic N) is 5. The number of hydrogen-bond acceptors (Lipinski definition) is 9. The second-order valence-corrected chi connectivity index (χ2v) is 19.5. The Hall–Kier alpha value is -5.52. The van der Waals surface area contributed by atoms with Crippen molar-refractivity contribution in [1.29, 1.82) is 0 Å². The van der Waals surface area contributed by atoms with Gasteiger partial charge in [-0.3, -0.25) is 39.1 Å². The lowest BCUT2D eigenvalue weighted by atomic mass is 9.71. The highest BCUT2D eigenvalue weighted by Crippen LogP contribution is 2.45. The molecule has 7 heterocycles. The number of hydrogen-bond donors (Lipinski definition) is 2. The predicted octanol–water partition coefficient (Wildman–Crippen LogP) is 3.98. The van der Waals surface area contributed by atoms with Gasteiger partial charge in [0.1, 0.15) is 17.7 Å². The van der Waals surface area contributed by atoms with Crippen LogP contribution < -0.4 is 10.2 Å². The van der Waals surface area contributed by atoms with Crippen LogP contribution in [0.4, 0.5) is 14.5 Å². The highest BCUT2D eigenvalue weighted by molar-refractivity contribution is 7.88. The molecule has 0 saturated carbocycles. The molecule has 318 valence electrons. The molecule has 3 saturated heterocycles. The van der Waals surface area contributed by atoms with Crippen molar-refractivity contribution < 1.29 is 41.2 Å². The van der Waals surface area contributed by atoms with Gasteiger partial charge >= 0.3 is 0 Å². The summed E-state index contributed by atoms with van der Waals surface area (Å²) in [7, 11) is -3.82. The van der Waals surface area contributed by atoms with E-state index >= 15 is 8.78 Å². The van der Waals surface area contributed by atoms with Crippen molar-refractivity contribution in [2.75, 3.05) is 50.4 Å². The average molecular weight is 854 g/mol. The molecule has 3 fully saturated rings. The summed E-state index contributed by atoms with van der Waals surface area (Å²) in [6.45, 7) is 3.52. The minimum absolute atomic E-state index is 0.000348. The number of anilines is 1. The molecule has 4 aromatic rings. The van der Waals surface area contributed by atoms with Crippen molar-refractivity contribution in [3.05, 3.63) is 99.2 Å². The molecule has 1 aromatic heterocycles. The lowest BCUT2D eigenvalue weighted by Gasteiger charge is -2.47. The van der Waals surface area contributed by atoms with Crippen molar-refractivity contribution in [3.8, 4) is 0 Å². The monoisotopic (exact) mass is 853 g/mol. The van der Waals surface area contributed by atoms with Gasteiger partial charge in [0.2, 0.25) is 27.7 Å². The van der Waals surface area contributed by atoms with E-state index in [-0.39, 0.29) is 53.9 Å². The largest absolute Gasteiger partial charge is 0.371 e. The first-order valence-corrected chi connectivity index (χ1v) is 22.7. The van der Waals surface area contributed by atoms with Crippen molar-refractivity contribution >= 4 is 56.1 Å². The summed E-state index contributed by atoms with van der Waals surface area (Å²) in [4.78, 5) is 74.4. The number of aromatic nitrogens is 1. The Bertz CT molecular complexity index is 2620. The number of amides is 5. The summed E-state index contributed by atoms with van der Waals surface area (Å²) in [5.41, 5.74) is 4.41. The summed E-state index contributed by atoms with van der Waals surface area (Å²) in [5.74, 6) is -3.78. The van der Waals surface area contributed by atoms with E-state index in [1.807, 2.05) is 39.0 Å². The van der Waals surface area contributed by atoms with Gasteiger partial charge in [0.25, 0.3) is 11.8 Å². The number of likely N-dealkylation sites (tertiary alicyclic amines) is 1. The van der Waals surface area contributed by atoms with Crippen LogP contribution in [0.5, 0.6) is 0 Å². The number of aromatic amines is 1. The smallest absolute Gasteiger partial charge is 0.262 e. The molecule has 1 unspecified atom stereocenters. The molecule has 17 heteroatoms. The van der Waals surface area contributed by atoms with Crippen molar-refractivity contribution in [3.63, 3.8) is 0 Å². The minimum Gasteiger partial charge on any atom is -0.371 e. The van der Waals surface area contributed by atoms with Crippen LogP contribution >= 0.6 is 0 Å². The van der Waals surface area contributed by atoms with E-state index < -0.39 is 57.4 Å². The Morgan fingerprint density at radius 2 is 1.46 bits per heavy atom. The third kappa shape index (κ3) is 6.72. The van der Waals surface area contributed by atoms with Crippen LogP contribution in [-0.2, 0) is 43.9 Å².